The Morgan fingerprint density at radius 1 is 0.542 bits per heavy atom. The summed E-state index contributed by atoms with van der Waals surface area (Å²) in [4.78, 5) is 5.28. The lowest BCUT2D eigenvalue weighted by Gasteiger charge is -2.12. The molecule has 0 atom stereocenters. The average molecular weight is 613 g/mol. The number of nitrogens with zero attached hydrogens (tertiary/aromatic N) is 3. The van der Waals surface area contributed by atoms with Crippen molar-refractivity contribution >= 4 is 71.7 Å². The van der Waals surface area contributed by atoms with Crippen LogP contribution in [0.4, 0.5) is 0 Å². The summed E-state index contributed by atoms with van der Waals surface area (Å²) in [6.07, 6.45) is 3.26. The van der Waals surface area contributed by atoms with Crippen LogP contribution in [0.1, 0.15) is 11.3 Å². The molecule has 0 spiro atoms. The number of allylic oxidation sites excluding steroid dienone is 3. The van der Waals surface area contributed by atoms with E-state index in [4.69, 9.17) is 10.4 Å². The summed E-state index contributed by atoms with van der Waals surface area (Å²) >= 11 is 0. The number of hydrogen-bond donors (Lipinski definition) is 1. The van der Waals surface area contributed by atoms with Crippen molar-refractivity contribution in [3.63, 3.8) is 0 Å². The van der Waals surface area contributed by atoms with Gasteiger partial charge in [-0.15, -0.1) is 0 Å². The van der Waals surface area contributed by atoms with E-state index >= 15 is 0 Å². The largest absolute Gasteiger partial charge is 0.309 e. The maximum atomic E-state index is 8.28. The molecule has 3 heterocycles. The predicted molar refractivity (Wildman–Crippen MR) is 202 cm³/mol. The monoisotopic (exact) mass is 612 g/mol. The molecular formula is C44H28N4. The normalized spacial score (nSPS) is 12.7. The third-order valence-corrected chi connectivity index (χ3v) is 9.95. The van der Waals surface area contributed by atoms with Crippen LogP contribution in [0.3, 0.4) is 0 Å². The molecule has 4 heteroatoms. The van der Waals surface area contributed by atoms with Gasteiger partial charge in [-0.25, -0.2) is 4.98 Å². The van der Waals surface area contributed by atoms with Gasteiger partial charge in [0.25, 0.3) is 0 Å². The van der Waals surface area contributed by atoms with Gasteiger partial charge in [0.05, 0.1) is 27.8 Å². The van der Waals surface area contributed by atoms with E-state index in [-0.39, 0.29) is 0 Å². The number of benzene rings is 6. The molecule has 224 valence electrons. The number of rotatable bonds is 5. The van der Waals surface area contributed by atoms with Crippen molar-refractivity contribution in [2.24, 2.45) is 0 Å². The van der Waals surface area contributed by atoms with Crippen LogP contribution in [0.15, 0.2) is 152 Å². The van der Waals surface area contributed by atoms with Gasteiger partial charge >= 0.3 is 0 Å². The minimum Gasteiger partial charge on any atom is -0.309 e. The topological polar surface area (TPSA) is 46.6 Å². The Morgan fingerprint density at radius 2 is 1.21 bits per heavy atom. The second kappa shape index (κ2) is 9.99. The highest BCUT2D eigenvalue weighted by Gasteiger charge is 2.25. The highest BCUT2D eigenvalue weighted by Crippen LogP contribution is 2.43. The molecule has 0 bridgehead atoms. The smallest absolute Gasteiger partial charge is 0.138 e. The molecule has 0 unspecified atom stereocenters. The van der Waals surface area contributed by atoms with Crippen LogP contribution < -0.4 is 0 Å². The van der Waals surface area contributed by atoms with Crippen LogP contribution in [0.5, 0.6) is 0 Å². The van der Waals surface area contributed by atoms with Gasteiger partial charge in [-0.05, 0) is 76.2 Å². The SMILES string of the molecule is C=CC1=C(C=N)c2nc(-n3c4ccccc4c4ccc(-c5ccc6c(c5)c5ccccc5n6-c5ccccc5)cc43)cc3cccc1c23. The standard InChI is InChI=1S/C44H28N4/c1-2-31-35-16-10-11-29-25-42(46-44(43(29)35)37(31)26-45)48-39-18-9-6-14-32(39)34-21-19-28(24-41(34)48)27-20-22-40-36(23-27)33-15-7-8-17-38(33)47(40)30-12-4-3-5-13-30/h2-26,45H,1H2. The van der Waals surface area contributed by atoms with E-state index in [1.165, 1.54) is 38.8 Å². The van der Waals surface area contributed by atoms with E-state index in [0.717, 1.165) is 66.8 Å². The van der Waals surface area contributed by atoms with Crippen molar-refractivity contribution < 1.29 is 0 Å². The zero-order valence-corrected chi connectivity index (χ0v) is 26.0. The molecule has 0 aliphatic heterocycles. The third kappa shape index (κ3) is 3.60. The van der Waals surface area contributed by atoms with Crippen molar-refractivity contribution in [2.75, 3.05) is 0 Å². The van der Waals surface area contributed by atoms with Crippen LogP contribution >= 0.6 is 0 Å². The summed E-state index contributed by atoms with van der Waals surface area (Å²) in [6.45, 7) is 4.06. The first kappa shape index (κ1) is 26.7. The van der Waals surface area contributed by atoms with E-state index < -0.39 is 0 Å². The molecule has 10 rings (SSSR count). The molecule has 1 N–H and O–H groups in total. The number of nitrogens with one attached hydrogen (secondary N) is 1. The van der Waals surface area contributed by atoms with Crippen molar-refractivity contribution in [1.29, 1.82) is 5.41 Å². The third-order valence-electron chi connectivity index (χ3n) is 9.95. The highest BCUT2D eigenvalue weighted by atomic mass is 15.1. The molecule has 3 aromatic heterocycles. The summed E-state index contributed by atoms with van der Waals surface area (Å²) in [7, 11) is 0. The molecule has 0 radical (unpaired) electrons. The Hall–Kier alpha value is -6.52. The Balaban J connectivity index is 1.22. The number of para-hydroxylation sites is 3. The van der Waals surface area contributed by atoms with Crippen LogP contribution in [-0.2, 0) is 0 Å². The summed E-state index contributed by atoms with van der Waals surface area (Å²) in [5.41, 5.74) is 11.7. The van der Waals surface area contributed by atoms with Crippen LogP contribution in [0.25, 0.3) is 88.2 Å². The Kier molecular flexibility index (Phi) is 5.55. The zero-order valence-electron chi connectivity index (χ0n) is 26.0. The maximum absolute atomic E-state index is 8.28. The fourth-order valence-electron chi connectivity index (χ4n) is 7.87. The molecule has 0 fully saturated rings. The van der Waals surface area contributed by atoms with E-state index in [2.05, 4.69) is 155 Å². The second-order valence-electron chi connectivity index (χ2n) is 12.4. The van der Waals surface area contributed by atoms with Gasteiger partial charge in [0, 0.05) is 44.4 Å². The Bertz CT molecular complexity index is 2860. The van der Waals surface area contributed by atoms with Gasteiger partial charge in [0.2, 0.25) is 0 Å². The number of hydrogen-bond acceptors (Lipinski definition) is 2. The second-order valence-corrected chi connectivity index (χ2v) is 12.4. The molecule has 0 amide bonds. The van der Waals surface area contributed by atoms with E-state index in [9.17, 15) is 0 Å². The van der Waals surface area contributed by atoms with E-state index in [1.807, 2.05) is 6.08 Å². The number of pyridine rings is 1. The molecule has 1 aliphatic rings. The quantitative estimate of drug-likeness (QED) is 0.193. The van der Waals surface area contributed by atoms with Crippen LogP contribution in [0, 0.1) is 5.41 Å². The van der Waals surface area contributed by atoms with E-state index in [0.29, 0.717) is 0 Å². The fraction of sp³-hybridized carbons (Fsp3) is 0. The van der Waals surface area contributed by atoms with Gasteiger partial charge < -0.3 is 9.98 Å². The number of aromatic nitrogens is 3. The first-order chi connectivity index (χ1) is 23.7. The lowest BCUT2D eigenvalue weighted by Crippen LogP contribution is -2.01. The summed E-state index contributed by atoms with van der Waals surface area (Å²) in [5, 5.41) is 15.3. The summed E-state index contributed by atoms with van der Waals surface area (Å²) in [6, 6.07) is 49.9. The lowest BCUT2D eigenvalue weighted by atomic mass is 10.0. The van der Waals surface area contributed by atoms with Gasteiger partial charge in [-0.3, -0.25) is 4.57 Å². The minimum absolute atomic E-state index is 0.808. The minimum atomic E-state index is 0.808. The van der Waals surface area contributed by atoms with Crippen molar-refractivity contribution in [1.82, 2.24) is 14.1 Å². The fourth-order valence-corrected chi connectivity index (χ4v) is 7.87. The van der Waals surface area contributed by atoms with Gasteiger partial charge in [-0.1, -0.05) is 104 Å². The first-order valence-electron chi connectivity index (χ1n) is 16.2. The van der Waals surface area contributed by atoms with Crippen molar-refractivity contribution in [2.45, 2.75) is 0 Å². The van der Waals surface area contributed by atoms with Crippen molar-refractivity contribution in [3.8, 4) is 22.6 Å². The molecular weight excluding hydrogens is 585 g/mol. The van der Waals surface area contributed by atoms with E-state index in [1.54, 1.807) is 0 Å². The molecule has 9 aromatic rings. The molecule has 48 heavy (non-hydrogen) atoms. The molecule has 1 aliphatic carbocycles. The Labute approximate surface area is 276 Å². The zero-order chi connectivity index (χ0) is 31.9. The summed E-state index contributed by atoms with van der Waals surface area (Å²) < 4.78 is 4.63. The molecule has 4 nitrogen and oxygen atoms in total. The maximum Gasteiger partial charge on any atom is 0.138 e. The average Bonchev–Trinajstić information content (AvgIpc) is 3.77. The van der Waals surface area contributed by atoms with Gasteiger partial charge in [-0.2, -0.15) is 0 Å². The first-order valence-corrected chi connectivity index (χ1v) is 16.2. The van der Waals surface area contributed by atoms with Gasteiger partial charge in [0.15, 0.2) is 0 Å². The highest BCUT2D eigenvalue weighted by molar-refractivity contribution is 6.29. The number of fused-ring (bicyclic) bond motifs is 6. The van der Waals surface area contributed by atoms with Crippen LogP contribution in [-0.4, -0.2) is 20.3 Å². The molecule has 0 saturated carbocycles. The van der Waals surface area contributed by atoms with Crippen LogP contribution in [0.2, 0.25) is 0 Å². The molecule has 0 saturated heterocycles. The van der Waals surface area contributed by atoms with Gasteiger partial charge in [0.1, 0.15) is 5.82 Å². The molecule has 6 aromatic carbocycles. The van der Waals surface area contributed by atoms with Crippen molar-refractivity contribution in [3.05, 3.63) is 163 Å². The Morgan fingerprint density at radius 3 is 2.00 bits per heavy atom. The lowest BCUT2D eigenvalue weighted by molar-refractivity contribution is 1.08. The predicted octanol–water partition coefficient (Wildman–Crippen LogP) is 11.2. The summed E-state index contributed by atoms with van der Waals surface area (Å²) in [5.74, 6) is 0.837.